The highest BCUT2D eigenvalue weighted by Crippen LogP contribution is 2.30. The fraction of sp³-hybridized carbons (Fsp3) is 0.267. The third kappa shape index (κ3) is 2.18. The van der Waals surface area contributed by atoms with Crippen LogP contribution in [0.3, 0.4) is 0 Å². The molecule has 1 aromatic carbocycles. The van der Waals surface area contributed by atoms with Crippen LogP contribution in [-0.2, 0) is 5.41 Å². The van der Waals surface area contributed by atoms with E-state index in [2.05, 4.69) is 0 Å². The van der Waals surface area contributed by atoms with E-state index in [0.717, 1.165) is 16.0 Å². The zero-order chi connectivity index (χ0) is 12.5. The maximum atomic E-state index is 12.6. The van der Waals surface area contributed by atoms with Gasteiger partial charge in [0.15, 0.2) is 5.78 Å². The van der Waals surface area contributed by atoms with Gasteiger partial charge in [-0.2, -0.15) is 0 Å². The molecule has 2 rings (SSSR count). The Morgan fingerprint density at radius 2 is 1.76 bits per heavy atom. The van der Waals surface area contributed by atoms with Crippen molar-refractivity contribution in [2.75, 3.05) is 0 Å². The van der Waals surface area contributed by atoms with Crippen LogP contribution < -0.4 is 0 Å². The van der Waals surface area contributed by atoms with E-state index in [4.69, 9.17) is 0 Å². The molecule has 2 aromatic rings. The van der Waals surface area contributed by atoms with Gasteiger partial charge in [0.2, 0.25) is 0 Å². The number of thiophene rings is 1. The second kappa shape index (κ2) is 4.46. The Kier molecular flexibility index (Phi) is 3.16. The summed E-state index contributed by atoms with van der Waals surface area (Å²) in [5.74, 6) is 0.205. The smallest absolute Gasteiger partial charge is 0.182 e. The molecule has 0 radical (unpaired) electrons. The van der Waals surface area contributed by atoms with E-state index in [0.29, 0.717) is 0 Å². The number of aryl methyl sites for hydroxylation is 1. The van der Waals surface area contributed by atoms with Crippen LogP contribution in [-0.4, -0.2) is 5.78 Å². The highest BCUT2D eigenvalue weighted by atomic mass is 32.1. The van der Waals surface area contributed by atoms with Gasteiger partial charge in [0.1, 0.15) is 0 Å². The maximum Gasteiger partial charge on any atom is 0.182 e. The Morgan fingerprint density at radius 3 is 2.29 bits per heavy atom. The molecule has 0 fully saturated rings. The van der Waals surface area contributed by atoms with E-state index in [-0.39, 0.29) is 5.78 Å². The van der Waals surface area contributed by atoms with Gasteiger partial charge in [-0.25, -0.2) is 0 Å². The summed E-state index contributed by atoms with van der Waals surface area (Å²) in [6.45, 7) is 5.97. The van der Waals surface area contributed by atoms with Crippen molar-refractivity contribution in [3.8, 4) is 0 Å². The quantitative estimate of drug-likeness (QED) is 0.739. The van der Waals surface area contributed by atoms with Crippen molar-refractivity contribution in [1.29, 1.82) is 0 Å². The Morgan fingerprint density at radius 1 is 1.12 bits per heavy atom. The molecule has 88 valence electrons. The first kappa shape index (κ1) is 12.1. The van der Waals surface area contributed by atoms with Gasteiger partial charge in [0.25, 0.3) is 0 Å². The van der Waals surface area contributed by atoms with E-state index in [1.807, 2.05) is 62.5 Å². The van der Waals surface area contributed by atoms with Crippen molar-refractivity contribution in [1.82, 2.24) is 0 Å². The Labute approximate surface area is 106 Å². The summed E-state index contributed by atoms with van der Waals surface area (Å²) in [6, 6.07) is 12.0. The van der Waals surface area contributed by atoms with Crippen LogP contribution in [0, 0.1) is 6.92 Å². The fourth-order valence-corrected chi connectivity index (χ4v) is 2.90. The second-order valence-corrected chi connectivity index (χ2v) is 5.67. The van der Waals surface area contributed by atoms with E-state index in [1.165, 1.54) is 11.3 Å². The van der Waals surface area contributed by atoms with Crippen LogP contribution in [0.1, 0.15) is 34.6 Å². The van der Waals surface area contributed by atoms with Gasteiger partial charge in [-0.15, -0.1) is 11.3 Å². The molecule has 0 spiro atoms. The number of benzene rings is 1. The molecule has 1 heterocycles. The SMILES string of the molecule is Cc1ccsc1C(=O)C(C)(C)c1ccccc1. The molecule has 17 heavy (non-hydrogen) atoms. The monoisotopic (exact) mass is 244 g/mol. The largest absolute Gasteiger partial charge is 0.292 e. The third-order valence-electron chi connectivity index (χ3n) is 3.13. The van der Waals surface area contributed by atoms with Crippen LogP contribution in [0.4, 0.5) is 0 Å². The van der Waals surface area contributed by atoms with Crippen LogP contribution >= 0.6 is 11.3 Å². The van der Waals surface area contributed by atoms with Gasteiger partial charge < -0.3 is 0 Å². The lowest BCUT2D eigenvalue weighted by Gasteiger charge is -2.23. The Bertz CT molecular complexity index is 523. The molecule has 2 heteroatoms. The topological polar surface area (TPSA) is 17.1 Å². The molecule has 0 bridgehead atoms. The molecular formula is C15H16OS. The third-order valence-corrected chi connectivity index (χ3v) is 4.15. The molecule has 0 N–H and O–H groups in total. The van der Waals surface area contributed by atoms with E-state index in [1.54, 1.807) is 0 Å². The average molecular weight is 244 g/mol. The summed E-state index contributed by atoms with van der Waals surface area (Å²) in [6.07, 6.45) is 0. The first-order valence-electron chi connectivity index (χ1n) is 5.68. The summed E-state index contributed by atoms with van der Waals surface area (Å²) in [4.78, 5) is 13.4. The highest BCUT2D eigenvalue weighted by Gasteiger charge is 2.31. The normalized spacial score (nSPS) is 11.5. The van der Waals surface area contributed by atoms with E-state index in [9.17, 15) is 4.79 Å². The zero-order valence-electron chi connectivity index (χ0n) is 10.4. The van der Waals surface area contributed by atoms with Crippen LogP contribution in [0.5, 0.6) is 0 Å². The van der Waals surface area contributed by atoms with Crippen molar-refractivity contribution < 1.29 is 4.79 Å². The minimum atomic E-state index is -0.461. The number of ketones is 1. The predicted octanol–water partition coefficient (Wildman–Crippen LogP) is 4.22. The second-order valence-electron chi connectivity index (χ2n) is 4.75. The molecule has 0 aliphatic heterocycles. The average Bonchev–Trinajstić information content (AvgIpc) is 2.75. The zero-order valence-corrected chi connectivity index (χ0v) is 11.2. The summed E-state index contributed by atoms with van der Waals surface area (Å²) in [7, 11) is 0. The summed E-state index contributed by atoms with van der Waals surface area (Å²) >= 11 is 1.53. The molecule has 0 saturated carbocycles. The van der Waals surface area contributed by atoms with Crippen LogP contribution in [0.15, 0.2) is 41.8 Å². The van der Waals surface area contributed by atoms with E-state index < -0.39 is 5.41 Å². The summed E-state index contributed by atoms with van der Waals surface area (Å²) < 4.78 is 0. The minimum Gasteiger partial charge on any atom is -0.292 e. The Hall–Kier alpha value is -1.41. The number of hydrogen-bond acceptors (Lipinski definition) is 2. The van der Waals surface area contributed by atoms with Crippen molar-refractivity contribution in [2.24, 2.45) is 0 Å². The molecule has 0 amide bonds. The lowest BCUT2D eigenvalue weighted by molar-refractivity contribution is 0.0912. The van der Waals surface area contributed by atoms with Crippen molar-refractivity contribution in [3.05, 3.63) is 57.8 Å². The number of carbonyl (C=O) groups excluding carboxylic acids is 1. The molecule has 0 unspecified atom stereocenters. The van der Waals surface area contributed by atoms with Gasteiger partial charge in [0, 0.05) is 0 Å². The lowest BCUT2D eigenvalue weighted by Crippen LogP contribution is -2.28. The number of carbonyl (C=O) groups is 1. The lowest BCUT2D eigenvalue weighted by atomic mass is 9.79. The van der Waals surface area contributed by atoms with E-state index >= 15 is 0 Å². The van der Waals surface area contributed by atoms with Crippen LogP contribution in [0.25, 0.3) is 0 Å². The van der Waals surface area contributed by atoms with Gasteiger partial charge in [-0.3, -0.25) is 4.79 Å². The number of Topliss-reactive ketones (excluding diaryl/α,β-unsaturated/α-hetero) is 1. The van der Waals surface area contributed by atoms with Crippen molar-refractivity contribution in [2.45, 2.75) is 26.2 Å². The first-order chi connectivity index (χ1) is 8.03. The molecule has 0 aliphatic rings. The molecular weight excluding hydrogens is 228 g/mol. The molecule has 1 aromatic heterocycles. The number of hydrogen-bond donors (Lipinski definition) is 0. The predicted molar refractivity (Wildman–Crippen MR) is 72.9 cm³/mol. The molecule has 0 atom stereocenters. The van der Waals surface area contributed by atoms with Crippen molar-refractivity contribution in [3.63, 3.8) is 0 Å². The first-order valence-corrected chi connectivity index (χ1v) is 6.56. The molecule has 1 nitrogen and oxygen atoms in total. The Balaban J connectivity index is 2.40. The fourth-order valence-electron chi connectivity index (χ4n) is 1.88. The minimum absolute atomic E-state index is 0.205. The van der Waals surface area contributed by atoms with Gasteiger partial charge >= 0.3 is 0 Å². The maximum absolute atomic E-state index is 12.6. The van der Waals surface area contributed by atoms with Gasteiger partial charge in [-0.05, 0) is 43.3 Å². The van der Waals surface area contributed by atoms with Gasteiger partial charge in [-0.1, -0.05) is 30.3 Å². The summed E-state index contributed by atoms with van der Waals surface area (Å²) in [5.41, 5.74) is 1.68. The molecule has 0 saturated heterocycles. The summed E-state index contributed by atoms with van der Waals surface area (Å²) in [5, 5.41) is 1.98. The van der Waals surface area contributed by atoms with Crippen LogP contribution in [0.2, 0.25) is 0 Å². The number of rotatable bonds is 3. The van der Waals surface area contributed by atoms with Gasteiger partial charge in [0.05, 0.1) is 10.3 Å². The standard InChI is InChI=1S/C15H16OS/c1-11-9-10-17-13(11)14(16)15(2,3)12-7-5-4-6-8-12/h4-10H,1-3H3. The van der Waals surface area contributed by atoms with Crippen molar-refractivity contribution >= 4 is 17.1 Å². The highest BCUT2D eigenvalue weighted by molar-refractivity contribution is 7.12. The molecule has 0 aliphatic carbocycles.